The molecule has 0 aliphatic rings. The first kappa shape index (κ1) is 17.7. The summed E-state index contributed by atoms with van der Waals surface area (Å²) in [5, 5.41) is 14.7. The van der Waals surface area contributed by atoms with E-state index in [1.165, 1.54) is 0 Å². The van der Waals surface area contributed by atoms with Gasteiger partial charge in [0, 0.05) is 26.2 Å². The Kier molecular flexibility index (Phi) is 8.95. The lowest BCUT2D eigenvalue weighted by atomic mass is 10.0. The second-order valence-corrected chi connectivity index (χ2v) is 5.05. The molecule has 0 rings (SSSR count). The number of hydrogen-bond acceptors (Lipinski definition) is 3. The molecule has 3 N–H and O–H groups in total. The van der Waals surface area contributed by atoms with Gasteiger partial charge in [0.05, 0.1) is 5.92 Å². The second kappa shape index (κ2) is 9.61. The van der Waals surface area contributed by atoms with Crippen molar-refractivity contribution in [2.24, 2.45) is 5.92 Å². The van der Waals surface area contributed by atoms with Crippen LogP contribution in [0.5, 0.6) is 0 Å². The third-order valence-corrected chi connectivity index (χ3v) is 3.11. The predicted octanol–water partition coefficient (Wildman–Crippen LogP) is 1.13. The molecule has 0 aromatic heterocycles. The van der Waals surface area contributed by atoms with E-state index in [0.29, 0.717) is 13.0 Å². The van der Waals surface area contributed by atoms with E-state index >= 15 is 0 Å². The highest BCUT2D eigenvalue weighted by Gasteiger charge is 2.13. The first-order chi connectivity index (χ1) is 8.88. The molecule has 19 heavy (non-hydrogen) atoms. The van der Waals surface area contributed by atoms with E-state index in [1.807, 2.05) is 14.0 Å². The van der Waals surface area contributed by atoms with Gasteiger partial charge in [0.25, 0.3) is 0 Å². The van der Waals surface area contributed by atoms with E-state index in [2.05, 4.69) is 10.6 Å². The Hall–Kier alpha value is -1.30. The number of aliphatic carboxylic acids is 1. The van der Waals surface area contributed by atoms with Crippen molar-refractivity contribution in [3.05, 3.63) is 0 Å². The molecule has 0 aliphatic heterocycles. The largest absolute Gasteiger partial charge is 0.481 e. The van der Waals surface area contributed by atoms with Crippen molar-refractivity contribution < 1.29 is 14.7 Å². The van der Waals surface area contributed by atoms with E-state index in [0.717, 1.165) is 19.4 Å². The highest BCUT2D eigenvalue weighted by molar-refractivity contribution is 5.74. The Morgan fingerprint density at radius 1 is 1.26 bits per heavy atom. The van der Waals surface area contributed by atoms with E-state index in [9.17, 15) is 9.59 Å². The fraction of sp³-hybridized carbons (Fsp3) is 0.846. The zero-order valence-corrected chi connectivity index (χ0v) is 12.4. The number of nitrogens with one attached hydrogen (secondary N) is 2. The van der Waals surface area contributed by atoms with Crippen molar-refractivity contribution in [1.29, 1.82) is 0 Å². The molecule has 0 fully saturated rings. The molecule has 112 valence electrons. The van der Waals surface area contributed by atoms with E-state index in [-0.39, 0.29) is 18.0 Å². The molecule has 2 amide bonds. The second-order valence-electron chi connectivity index (χ2n) is 5.05. The van der Waals surface area contributed by atoms with Crippen LogP contribution in [-0.2, 0) is 4.79 Å². The number of carbonyl (C=O) groups excluding carboxylic acids is 1. The molecule has 0 heterocycles. The summed E-state index contributed by atoms with van der Waals surface area (Å²) in [4.78, 5) is 24.0. The molecule has 0 bridgehead atoms. The number of carbonyl (C=O) groups is 2. The fourth-order valence-electron chi connectivity index (χ4n) is 1.63. The number of rotatable bonds is 9. The van der Waals surface area contributed by atoms with Crippen LogP contribution in [0.2, 0.25) is 0 Å². The van der Waals surface area contributed by atoms with Crippen molar-refractivity contribution in [3.63, 3.8) is 0 Å². The minimum Gasteiger partial charge on any atom is -0.481 e. The van der Waals surface area contributed by atoms with Crippen molar-refractivity contribution in [1.82, 2.24) is 15.5 Å². The summed E-state index contributed by atoms with van der Waals surface area (Å²) in [7, 11) is 3.60. The Morgan fingerprint density at radius 3 is 2.42 bits per heavy atom. The standard InChI is InChI=1S/C13H27N3O3/c1-10(12(17)18)6-5-7-11(2)15-13(19)16(4)9-8-14-3/h10-11,14H,5-9H2,1-4H3,(H,15,19)(H,17,18). The summed E-state index contributed by atoms with van der Waals surface area (Å²) < 4.78 is 0. The molecular weight excluding hydrogens is 246 g/mol. The van der Waals surface area contributed by atoms with Gasteiger partial charge in [-0.15, -0.1) is 0 Å². The molecule has 0 saturated heterocycles. The van der Waals surface area contributed by atoms with Gasteiger partial charge in [-0.3, -0.25) is 4.79 Å². The highest BCUT2D eigenvalue weighted by atomic mass is 16.4. The normalized spacial score (nSPS) is 13.7. The van der Waals surface area contributed by atoms with Crippen LogP contribution in [0.25, 0.3) is 0 Å². The molecule has 6 heteroatoms. The molecule has 0 aliphatic carbocycles. The first-order valence-corrected chi connectivity index (χ1v) is 6.77. The average molecular weight is 273 g/mol. The van der Waals surface area contributed by atoms with Gasteiger partial charge in [-0.25, -0.2) is 4.79 Å². The quantitative estimate of drug-likeness (QED) is 0.588. The number of amides is 2. The van der Waals surface area contributed by atoms with Gasteiger partial charge >= 0.3 is 12.0 Å². The molecule has 2 unspecified atom stereocenters. The summed E-state index contributed by atoms with van der Waals surface area (Å²) >= 11 is 0. The number of likely N-dealkylation sites (N-methyl/N-ethyl adjacent to an activating group) is 2. The van der Waals surface area contributed by atoms with Crippen molar-refractivity contribution in [3.8, 4) is 0 Å². The van der Waals surface area contributed by atoms with Crippen LogP contribution in [0.15, 0.2) is 0 Å². The molecule has 6 nitrogen and oxygen atoms in total. The smallest absolute Gasteiger partial charge is 0.317 e. The van der Waals surface area contributed by atoms with Crippen molar-refractivity contribution in [2.45, 2.75) is 39.2 Å². The van der Waals surface area contributed by atoms with Crippen LogP contribution >= 0.6 is 0 Å². The van der Waals surface area contributed by atoms with Crippen LogP contribution in [0.4, 0.5) is 4.79 Å². The first-order valence-electron chi connectivity index (χ1n) is 6.77. The zero-order chi connectivity index (χ0) is 14.8. The Labute approximate surface area is 115 Å². The molecule has 0 aromatic rings. The van der Waals surface area contributed by atoms with Gasteiger partial charge in [-0.1, -0.05) is 13.3 Å². The van der Waals surface area contributed by atoms with Crippen LogP contribution in [-0.4, -0.2) is 55.2 Å². The molecule has 0 saturated carbocycles. The summed E-state index contributed by atoms with van der Waals surface area (Å²) in [5.74, 6) is -1.08. The van der Waals surface area contributed by atoms with Crippen molar-refractivity contribution >= 4 is 12.0 Å². The molecule has 0 spiro atoms. The number of carboxylic acid groups (broad SMARTS) is 1. The highest BCUT2D eigenvalue weighted by Crippen LogP contribution is 2.09. The Balaban J connectivity index is 3.81. The Morgan fingerprint density at radius 2 is 1.89 bits per heavy atom. The van der Waals surface area contributed by atoms with Gasteiger partial charge in [0.15, 0.2) is 0 Å². The van der Waals surface area contributed by atoms with Gasteiger partial charge in [0.2, 0.25) is 0 Å². The third kappa shape index (κ3) is 8.42. The third-order valence-electron chi connectivity index (χ3n) is 3.11. The average Bonchev–Trinajstić information content (AvgIpc) is 2.35. The molecule has 2 atom stereocenters. The van der Waals surface area contributed by atoms with Crippen LogP contribution in [0.3, 0.4) is 0 Å². The number of hydrogen-bond donors (Lipinski definition) is 3. The number of carboxylic acids is 1. The topological polar surface area (TPSA) is 81.7 Å². The van der Waals surface area contributed by atoms with Gasteiger partial charge in [-0.2, -0.15) is 0 Å². The van der Waals surface area contributed by atoms with Crippen LogP contribution < -0.4 is 10.6 Å². The summed E-state index contributed by atoms with van der Waals surface area (Å²) in [6, 6.07) is -0.0282. The number of urea groups is 1. The Bertz CT molecular complexity index is 284. The minimum atomic E-state index is -0.761. The van der Waals surface area contributed by atoms with Gasteiger partial charge in [-0.05, 0) is 26.8 Å². The molecule has 0 radical (unpaired) electrons. The van der Waals surface area contributed by atoms with E-state index in [1.54, 1.807) is 18.9 Å². The van der Waals surface area contributed by atoms with E-state index in [4.69, 9.17) is 5.11 Å². The SMILES string of the molecule is CNCCN(C)C(=O)NC(C)CCCC(C)C(=O)O. The van der Waals surface area contributed by atoms with Crippen LogP contribution in [0, 0.1) is 5.92 Å². The van der Waals surface area contributed by atoms with Crippen molar-refractivity contribution in [2.75, 3.05) is 27.2 Å². The summed E-state index contributed by atoms with van der Waals surface area (Å²) in [6.07, 6.45) is 2.24. The predicted molar refractivity (Wildman–Crippen MR) is 75.2 cm³/mol. The van der Waals surface area contributed by atoms with Gasteiger partial charge in [0.1, 0.15) is 0 Å². The summed E-state index contributed by atoms with van der Waals surface area (Å²) in [6.45, 7) is 5.06. The number of nitrogens with zero attached hydrogens (tertiary/aromatic N) is 1. The maximum atomic E-state index is 11.8. The molecular formula is C13H27N3O3. The fourth-order valence-corrected chi connectivity index (χ4v) is 1.63. The minimum absolute atomic E-state index is 0.0607. The maximum absolute atomic E-state index is 11.8. The summed E-state index contributed by atoms with van der Waals surface area (Å²) in [5.41, 5.74) is 0. The lowest BCUT2D eigenvalue weighted by Crippen LogP contribution is -2.43. The maximum Gasteiger partial charge on any atom is 0.317 e. The van der Waals surface area contributed by atoms with Crippen LogP contribution in [0.1, 0.15) is 33.1 Å². The van der Waals surface area contributed by atoms with Gasteiger partial charge < -0.3 is 20.6 Å². The lowest BCUT2D eigenvalue weighted by Gasteiger charge is -2.21. The zero-order valence-electron chi connectivity index (χ0n) is 12.4. The monoisotopic (exact) mass is 273 g/mol. The lowest BCUT2D eigenvalue weighted by molar-refractivity contribution is -0.141. The van der Waals surface area contributed by atoms with E-state index < -0.39 is 5.97 Å². The molecule has 0 aromatic carbocycles.